The molecule has 0 aromatic heterocycles. The van der Waals surface area contributed by atoms with E-state index in [9.17, 15) is 10.1 Å². The van der Waals surface area contributed by atoms with E-state index in [1.807, 2.05) is 19.1 Å². The van der Waals surface area contributed by atoms with Gasteiger partial charge in [-0.25, -0.2) is 0 Å². The number of benzene rings is 1. The number of nitro benzene ring substituents is 1. The van der Waals surface area contributed by atoms with E-state index in [1.54, 1.807) is 6.07 Å². The summed E-state index contributed by atoms with van der Waals surface area (Å²) in [4.78, 5) is 10.1. The summed E-state index contributed by atoms with van der Waals surface area (Å²) < 4.78 is 5.28. The summed E-state index contributed by atoms with van der Waals surface area (Å²) in [5.41, 5.74) is 0.648. The van der Waals surface area contributed by atoms with Crippen molar-refractivity contribution in [2.45, 2.75) is 13.5 Å². The second-order valence-corrected chi connectivity index (χ2v) is 3.53. The van der Waals surface area contributed by atoms with E-state index in [0.717, 1.165) is 5.56 Å². The van der Waals surface area contributed by atoms with E-state index < -0.39 is 4.92 Å². The van der Waals surface area contributed by atoms with Crippen LogP contribution in [0.4, 0.5) is 5.69 Å². The third-order valence-corrected chi connectivity index (χ3v) is 2.25. The fourth-order valence-corrected chi connectivity index (χ4v) is 1.32. The van der Waals surface area contributed by atoms with Gasteiger partial charge in [-0.2, -0.15) is 0 Å². The van der Waals surface area contributed by atoms with Crippen molar-refractivity contribution < 1.29 is 9.66 Å². The van der Waals surface area contributed by atoms with Gasteiger partial charge in [-0.3, -0.25) is 10.1 Å². The SMILES string of the molecule is CC=CCOCc1ccc(Cl)c([N+](=O)[O-])c1. The van der Waals surface area contributed by atoms with E-state index in [2.05, 4.69) is 0 Å². The summed E-state index contributed by atoms with van der Waals surface area (Å²) in [6.07, 6.45) is 3.74. The van der Waals surface area contributed by atoms with Gasteiger partial charge in [-0.05, 0) is 18.6 Å². The molecule has 0 saturated heterocycles. The normalized spacial score (nSPS) is 10.9. The van der Waals surface area contributed by atoms with E-state index in [-0.39, 0.29) is 10.7 Å². The molecule has 1 rings (SSSR count). The first-order valence-corrected chi connectivity index (χ1v) is 5.14. The third-order valence-electron chi connectivity index (χ3n) is 1.93. The summed E-state index contributed by atoms with van der Waals surface area (Å²) in [7, 11) is 0. The molecule has 0 fully saturated rings. The lowest BCUT2D eigenvalue weighted by Gasteiger charge is -2.02. The minimum absolute atomic E-state index is 0.0891. The van der Waals surface area contributed by atoms with Gasteiger partial charge in [0.1, 0.15) is 5.02 Å². The zero-order valence-electron chi connectivity index (χ0n) is 8.85. The Labute approximate surface area is 98.6 Å². The van der Waals surface area contributed by atoms with Crippen molar-refractivity contribution in [2.75, 3.05) is 6.61 Å². The predicted molar refractivity (Wildman–Crippen MR) is 62.6 cm³/mol. The standard InChI is InChI=1S/C11H12ClNO3/c1-2-3-6-16-8-9-4-5-10(12)11(7-9)13(14)15/h2-5,7H,6,8H2,1H3. The van der Waals surface area contributed by atoms with Gasteiger partial charge in [-0.15, -0.1) is 0 Å². The maximum Gasteiger partial charge on any atom is 0.288 e. The molecule has 5 heteroatoms. The van der Waals surface area contributed by atoms with Crippen molar-refractivity contribution in [3.8, 4) is 0 Å². The first-order chi connectivity index (χ1) is 7.65. The molecule has 0 heterocycles. The molecule has 0 unspecified atom stereocenters. The van der Waals surface area contributed by atoms with Crippen LogP contribution in [0.15, 0.2) is 30.4 Å². The van der Waals surface area contributed by atoms with Crippen LogP contribution in [0.25, 0.3) is 0 Å². The second-order valence-electron chi connectivity index (χ2n) is 3.13. The van der Waals surface area contributed by atoms with E-state index >= 15 is 0 Å². The summed E-state index contributed by atoms with van der Waals surface area (Å²) >= 11 is 5.68. The zero-order chi connectivity index (χ0) is 12.0. The van der Waals surface area contributed by atoms with Crippen LogP contribution in [-0.2, 0) is 11.3 Å². The highest BCUT2D eigenvalue weighted by Crippen LogP contribution is 2.25. The fourth-order valence-electron chi connectivity index (χ4n) is 1.13. The lowest BCUT2D eigenvalue weighted by atomic mass is 10.2. The van der Waals surface area contributed by atoms with Gasteiger partial charge in [0, 0.05) is 6.07 Å². The molecule has 86 valence electrons. The minimum atomic E-state index is -0.502. The molecule has 1 aromatic carbocycles. The molecule has 0 atom stereocenters. The Morgan fingerprint density at radius 2 is 2.31 bits per heavy atom. The topological polar surface area (TPSA) is 52.4 Å². The van der Waals surface area contributed by atoms with Crippen molar-refractivity contribution in [2.24, 2.45) is 0 Å². The Morgan fingerprint density at radius 1 is 1.56 bits per heavy atom. The van der Waals surface area contributed by atoms with Crippen molar-refractivity contribution in [3.63, 3.8) is 0 Å². The van der Waals surface area contributed by atoms with Crippen molar-refractivity contribution >= 4 is 17.3 Å². The lowest BCUT2D eigenvalue weighted by molar-refractivity contribution is -0.384. The van der Waals surface area contributed by atoms with Gasteiger partial charge >= 0.3 is 0 Å². The van der Waals surface area contributed by atoms with Gasteiger partial charge in [0.2, 0.25) is 0 Å². The van der Waals surface area contributed by atoms with Gasteiger partial charge in [0.05, 0.1) is 18.1 Å². The predicted octanol–water partition coefficient (Wildman–Crippen LogP) is 3.34. The maximum atomic E-state index is 10.6. The molecular formula is C11H12ClNO3. The van der Waals surface area contributed by atoms with Crippen LogP contribution < -0.4 is 0 Å². The van der Waals surface area contributed by atoms with Crippen LogP contribution >= 0.6 is 11.6 Å². The van der Waals surface area contributed by atoms with Gasteiger partial charge < -0.3 is 4.74 Å². The monoisotopic (exact) mass is 241 g/mol. The zero-order valence-corrected chi connectivity index (χ0v) is 9.61. The Morgan fingerprint density at radius 3 is 2.94 bits per heavy atom. The number of nitrogens with zero attached hydrogens (tertiary/aromatic N) is 1. The van der Waals surface area contributed by atoms with Gasteiger partial charge in [-0.1, -0.05) is 29.8 Å². The number of nitro groups is 1. The number of hydrogen-bond donors (Lipinski definition) is 0. The van der Waals surface area contributed by atoms with Crippen molar-refractivity contribution in [1.82, 2.24) is 0 Å². The molecule has 0 N–H and O–H groups in total. The third kappa shape index (κ3) is 3.64. The maximum absolute atomic E-state index is 10.6. The molecule has 1 aromatic rings. The molecule has 4 nitrogen and oxygen atoms in total. The minimum Gasteiger partial charge on any atom is -0.373 e. The Kier molecular flexibility index (Phi) is 4.95. The molecule has 0 radical (unpaired) electrons. The molecule has 0 aliphatic heterocycles. The van der Waals surface area contributed by atoms with Crippen molar-refractivity contribution in [3.05, 3.63) is 51.1 Å². The Bertz CT molecular complexity index is 404. The van der Waals surface area contributed by atoms with Crippen LogP contribution in [0.2, 0.25) is 5.02 Å². The Balaban J connectivity index is 2.67. The molecule has 0 saturated carbocycles. The highest BCUT2D eigenvalue weighted by molar-refractivity contribution is 6.32. The quantitative estimate of drug-likeness (QED) is 0.344. The lowest BCUT2D eigenvalue weighted by Crippen LogP contribution is -1.95. The highest BCUT2D eigenvalue weighted by Gasteiger charge is 2.12. The van der Waals surface area contributed by atoms with Crippen LogP contribution in [0, 0.1) is 10.1 Å². The highest BCUT2D eigenvalue weighted by atomic mass is 35.5. The van der Waals surface area contributed by atoms with E-state index in [1.165, 1.54) is 12.1 Å². The largest absolute Gasteiger partial charge is 0.373 e. The number of halogens is 1. The summed E-state index contributed by atoms with van der Waals surface area (Å²) in [5.74, 6) is 0. The molecule has 0 spiro atoms. The molecule has 0 bridgehead atoms. The Hall–Kier alpha value is -1.39. The fraction of sp³-hybridized carbons (Fsp3) is 0.273. The summed E-state index contributed by atoms with van der Waals surface area (Å²) in [6.45, 7) is 2.73. The average Bonchev–Trinajstić information content (AvgIpc) is 2.26. The van der Waals surface area contributed by atoms with Crippen LogP contribution in [-0.4, -0.2) is 11.5 Å². The molecule has 0 aliphatic rings. The summed E-state index contributed by atoms with van der Waals surface area (Å²) in [5, 5.41) is 10.8. The number of rotatable bonds is 5. The van der Waals surface area contributed by atoms with Crippen molar-refractivity contribution in [1.29, 1.82) is 0 Å². The molecular weight excluding hydrogens is 230 g/mol. The average molecular weight is 242 g/mol. The molecule has 0 aliphatic carbocycles. The second kappa shape index (κ2) is 6.25. The smallest absolute Gasteiger partial charge is 0.288 e. The van der Waals surface area contributed by atoms with E-state index in [0.29, 0.717) is 13.2 Å². The number of allylic oxidation sites excluding steroid dienone is 1. The first-order valence-electron chi connectivity index (χ1n) is 4.77. The van der Waals surface area contributed by atoms with Crippen LogP contribution in [0.3, 0.4) is 0 Å². The van der Waals surface area contributed by atoms with E-state index in [4.69, 9.17) is 16.3 Å². The molecule has 0 amide bonds. The first kappa shape index (κ1) is 12.7. The number of hydrogen-bond acceptors (Lipinski definition) is 3. The van der Waals surface area contributed by atoms with Crippen LogP contribution in [0.5, 0.6) is 0 Å². The van der Waals surface area contributed by atoms with Gasteiger partial charge in [0.15, 0.2) is 0 Å². The molecule has 16 heavy (non-hydrogen) atoms. The summed E-state index contributed by atoms with van der Waals surface area (Å²) in [6, 6.07) is 4.65. The number of ether oxygens (including phenoxy) is 1. The van der Waals surface area contributed by atoms with Crippen LogP contribution in [0.1, 0.15) is 12.5 Å². The van der Waals surface area contributed by atoms with Gasteiger partial charge in [0.25, 0.3) is 5.69 Å².